The largest absolute Gasteiger partial charge is 0.459 e. The molecule has 1 saturated heterocycles. The average Bonchev–Trinajstić information content (AvgIpc) is 3.07. The number of nitrogens with zero attached hydrogens (tertiary/aromatic N) is 1. The van der Waals surface area contributed by atoms with Crippen molar-refractivity contribution in [2.75, 3.05) is 20.1 Å². The Morgan fingerprint density at radius 1 is 1.38 bits per heavy atom. The monoisotopic (exact) mass is 286 g/mol. The summed E-state index contributed by atoms with van der Waals surface area (Å²) in [5, 5.41) is 4.94. The molecule has 2 aromatic rings. The SMILES string of the molecule is CCc1c(C(C)NCC2CCCN2C)oc2ccccc12. The van der Waals surface area contributed by atoms with E-state index in [9.17, 15) is 0 Å². The molecular weight excluding hydrogens is 260 g/mol. The first-order valence-corrected chi connectivity index (χ1v) is 8.14. The third kappa shape index (κ3) is 2.85. The molecule has 0 saturated carbocycles. The predicted octanol–water partition coefficient (Wildman–Crippen LogP) is 3.74. The molecule has 2 heterocycles. The van der Waals surface area contributed by atoms with E-state index in [1.165, 1.54) is 30.3 Å². The average molecular weight is 286 g/mol. The van der Waals surface area contributed by atoms with Crippen LogP contribution in [0.4, 0.5) is 0 Å². The fourth-order valence-electron chi connectivity index (χ4n) is 3.47. The first-order valence-electron chi connectivity index (χ1n) is 8.14. The maximum atomic E-state index is 6.12. The highest BCUT2D eigenvalue weighted by atomic mass is 16.3. The van der Waals surface area contributed by atoms with Gasteiger partial charge in [0.2, 0.25) is 0 Å². The van der Waals surface area contributed by atoms with Crippen LogP contribution in [0.2, 0.25) is 0 Å². The van der Waals surface area contributed by atoms with Crippen LogP contribution in [0, 0.1) is 0 Å². The van der Waals surface area contributed by atoms with Gasteiger partial charge in [-0.1, -0.05) is 25.1 Å². The molecule has 114 valence electrons. The molecule has 0 radical (unpaired) electrons. The number of hydrogen-bond donors (Lipinski definition) is 1. The number of fused-ring (bicyclic) bond motifs is 1. The Labute approximate surface area is 127 Å². The molecule has 2 unspecified atom stereocenters. The highest BCUT2D eigenvalue weighted by Crippen LogP contribution is 2.30. The lowest BCUT2D eigenvalue weighted by atomic mass is 10.0. The highest BCUT2D eigenvalue weighted by Gasteiger charge is 2.23. The van der Waals surface area contributed by atoms with Gasteiger partial charge in [0, 0.05) is 23.5 Å². The highest BCUT2D eigenvalue weighted by molar-refractivity contribution is 5.82. The molecule has 1 fully saturated rings. The normalized spacial score (nSPS) is 21.2. The van der Waals surface area contributed by atoms with Gasteiger partial charge in [-0.05, 0) is 45.8 Å². The van der Waals surface area contributed by atoms with E-state index in [0.29, 0.717) is 6.04 Å². The second-order valence-electron chi connectivity index (χ2n) is 6.20. The Kier molecular flexibility index (Phi) is 4.32. The number of para-hydroxylation sites is 1. The van der Waals surface area contributed by atoms with Crippen LogP contribution in [0.1, 0.15) is 44.1 Å². The van der Waals surface area contributed by atoms with Crippen molar-refractivity contribution in [3.05, 3.63) is 35.6 Å². The summed E-state index contributed by atoms with van der Waals surface area (Å²) in [4.78, 5) is 2.46. The molecule has 3 rings (SSSR count). The van der Waals surface area contributed by atoms with E-state index in [0.717, 1.165) is 24.3 Å². The number of hydrogen-bond acceptors (Lipinski definition) is 3. The van der Waals surface area contributed by atoms with Gasteiger partial charge in [0.15, 0.2) is 0 Å². The quantitative estimate of drug-likeness (QED) is 0.907. The van der Waals surface area contributed by atoms with Crippen LogP contribution in [-0.2, 0) is 6.42 Å². The van der Waals surface area contributed by atoms with E-state index in [-0.39, 0.29) is 6.04 Å². The number of nitrogens with one attached hydrogen (secondary N) is 1. The summed E-state index contributed by atoms with van der Waals surface area (Å²) in [5.74, 6) is 1.11. The number of benzene rings is 1. The zero-order chi connectivity index (χ0) is 14.8. The number of likely N-dealkylation sites (tertiary alicyclic amines) is 1. The fourth-order valence-corrected chi connectivity index (χ4v) is 3.47. The zero-order valence-corrected chi connectivity index (χ0v) is 13.4. The molecule has 3 heteroatoms. The summed E-state index contributed by atoms with van der Waals surface area (Å²) < 4.78 is 6.12. The van der Waals surface area contributed by atoms with Crippen molar-refractivity contribution in [3.63, 3.8) is 0 Å². The van der Waals surface area contributed by atoms with E-state index >= 15 is 0 Å². The number of likely N-dealkylation sites (N-methyl/N-ethyl adjacent to an activating group) is 1. The van der Waals surface area contributed by atoms with Crippen LogP contribution < -0.4 is 5.32 Å². The van der Waals surface area contributed by atoms with Crippen molar-refractivity contribution in [3.8, 4) is 0 Å². The molecule has 1 aromatic heterocycles. The number of rotatable bonds is 5. The molecule has 3 nitrogen and oxygen atoms in total. The molecule has 0 bridgehead atoms. The third-order valence-corrected chi connectivity index (χ3v) is 4.81. The van der Waals surface area contributed by atoms with Gasteiger partial charge in [-0.3, -0.25) is 0 Å². The Hall–Kier alpha value is -1.32. The number of aryl methyl sites for hydroxylation is 1. The summed E-state index contributed by atoms with van der Waals surface area (Å²) in [6.45, 7) is 6.69. The van der Waals surface area contributed by atoms with Crippen LogP contribution in [-0.4, -0.2) is 31.1 Å². The number of furan rings is 1. The Bertz CT molecular complexity index is 604. The summed E-state index contributed by atoms with van der Waals surface area (Å²) in [6, 6.07) is 9.30. The minimum atomic E-state index is 0.265. The second-order valence-corrected chi connectivity index (χ2v) is 6.20. The molecule has 0 spiro atoms. The third-order valence-electron chi connectivity index (χ3n) is 4.81. The van der Waals surface area contributed by atoms with Crippen LogP contribution in [0.5, 0.6) is 0 Å². The maximum absolute atomic E-state index is 6.12. The first kappa shape index (κ1) is 14.6. The van der Waals surface area contributed by atoms with Crippen LogP contribution in [0.25, 0.3) is 11.0 Å². The van der Waals surface area contributed by atoms with Crippen LogP contribution >= 0.6 is 0 Å². The molecule has 21 heavy (non-hydrogen) atoms. The van der Waals surface area contributed by atoms with Crippen molar-refractivity contribution in [2.45, 2.75) is 45.2 Å². The smallest absolute Gasteiger partial charge is 0.134 e. The summed E-state index contributed by atoms with van der Waals surface area (Å²) in [6.07, 6.45) is 3.64. The van der Waals surface area contributed by atoms with Gasteiger partial charge in [-0.15, -0.1) is 0 Å². The van der Waals surface area contributed by atoms with Gasteiger partial charge in [0.05, 0.1) is 6.04 Å². The van der Waals surface area contributed by atoms with Gasteiger partial charge < -0.3 is 14.6 Å². The zero-order valence-electron chi connectivity index (χ0n) is 13.4. The van der Waals surface area contributed by atoms with Gasteiger partial charge >= 0.3 is 0 Å². The summed E-state index contributed by atoms with van der Waals surface area (Å²) >= 11 is 0. The van der Waals surface area contributed by atoms with Crippen molar-refractivity contribution >= 4 is 11.0 Å². The van der Waals surface area contributed by atoms with Crippen molar-refractivity contribution < 1.29 is 4.42 Å². The Balaban J connectivity index is 1.76. The Morgan fingerprint density at radius 2 is 2.19 bits per heavy atom. The van der Waals surface area contributed by atoms with E-state index in [1.54, 1.807) is 0 Å². The molecule has 0 aliphatic carbocycles. The minimum absolute atomic E-state index is 0.265. The first-order chi connectivity index (χ1) is 10.2. The van der Waals surface area contributed by atoms with E-state index in [1.807, 2.05) is 6.07 Å². The van der Waals surface area contributed by atoms with Gasteiger partial charge in [-0.2, -0.15) is 0 Å². The van der Waals surface area contributed by atoms with Gasteiger partial charge in [-0.25, -0.2) is 0 Å². The fraction of sp³-hybridized carbons (Fsp3) is 0.556. The summed E-state index contributed by atoms with van der Waals surface area (Å²) in [5.41, 5.74) is 2.36. The molecule has 1 aliphatic rings. The van der Waals surface area contributed by atoms with Crippen molar-refractivity contribution in [2.24, 2.45) is 0 Å². The topological polar surface area (TPSA) is 28.4 Å². The molecule has 0 amide bonds. The predicted molar refractivity (Wildman–Crippen MR) is 87.7 cm³/mol. The van der Waals surface area contributed by atoms with Crippen molar-refractivity contribution in [1.82, 2.24) is 10.2 Å². The van der Waals surface area contributed by atoms with Crippen molar-refractivity contribution in [1.29, 1.82) is 0 Å². The van der Waals surface area contributed by atoms with Crippen LogP contribution in [0.15, 0.2) is 28.7 Å². The van der Waals surface area contributed by atoms with E-state index < -0.39 is 0 Å². The lowest BCUT2D eigenvalue weighted by Crippen LogP contribution is -2.36. The maximum Gasteiger partial charge on any atom is 0.134 e. The molecular formula is C18H26N2O. The summed E-state index contributed by atoms with van der Waals surface area (Å²) in [7, 11) is 2.22. The lowest BCUT2D eigenvalue weighted by Gasteiger charge is -2.22. The molecule has 1 aliphatic heterocycles. The standard InChI is InChI=1S/C18H26N2O/c1-4-15-16-9-5-6-10-17(16)21-18(15)13(2)19-12-14-8-7-11-20(14)3/h5-6,9-10,13-14,19H,4,7-8,11-12H2,1-3H3. The molecule has 1 N–H and O–H groups in total. The van der Waals surface area contributed by atoms with Crippen LogP contribution in [0.3, 0.4) is 0 Å². The molecule has 2 atom stereocenters. The Morgan fingerprint density at radius 3 is 2.90 bits per heavy atom. The lowest BCUT2D eigenvalue weighted by molar-refractivity contribution is 0.288. The second kappa shape index (κ2) is 6.20. The van der Waals surface area contributed by atoms with Gasteiger partial charge in [0.1, 0.15) is 11.3 Å². The van der Waals surface area contributed by atoms with E-state index in [4.69, 9.17) is 4.42 Å². The molecule has 1 aromatic carbocycles. The van der Waals surface area contributed by atoms with Gasteiger partial charge in [0.25, 0.3) is 0 Å². The minimum Gasteiger partial charge on any atom is -0.459 e. The van der Waals surface area contributed by atoms with E-state index in [2.05, 4.69) is 49.3 Å².